The molecule has 1 fully saturated rings. The van der Waals surface area contributed by atoms with Crippen molar-refractivity contribution in [2.75, 3.05) is 13.7 Å². The van der Waals surface area contributed by atoms with E-state index in [1.165, 1.54) is 6.92 Å². The molecule has 0 aliphatic heterocycles. The summed E-state index contributed by atoms with van der Waals surface area (Å²) in [6.45, 7) is 3.62. The van der Waals surface area contributed by atoms with E-state index in [0.29, 0.717) is 17.1 Å². The van der Waals surface area contributed by atoms with Crippen LogP contribution in [-0.2, 0) is 4.79 Å². The highest BCUT2D eigenvalue weighted by Gasteiger charge is 2.20. The summed E-state index contributed by atoms with van der Waals surface area (Å²) < 4.78 is 10.7. The Morgan fingerprint density at radius 3 is 2.52 bits per heavy atom. The van der Waals surface area contributed by atoms with Gasteiger partial charge in [-0.25, -0.2) is 0 Å². The minimum absolute atomic E-state index is 0.0977. The molecular formula is C18H25NO4. The van der Waals surface area contributed by atoms with Crippen LogP contribution in [0.4, 0.5) is 0 Å². The van der Waals surface area contributed by atoms with Crippen LogP contribution >= 0.6 is 0 Å². The fourth-order valence-electron chi connectivity index (χ4n) is 2.86. The lowest BCUT2D eigenvalue weighted by Crippen LogP contribution is -2.39. The molecule has 5 nitrogen and oxygen atoms in total. The Labute approximate surface area is 137 Å². The van der Waals surface area contributed by atoms with Crippen molar-refractivity contribution < 1.29 is 19.1 Å². The summed E-state index contributed by atoms with van der Waals surface area (Å²) in [5.74, 6) is 1.46. The SMILES string of the molecule is COc1ccc(C(C)=O)c(OCC(=O)NC2CCC(C)CC2)c1. The lowest BCUT2D eigenvalue weighted by molar-refractivity contribution is -0.124. The maximum Gasteiger partial charge on any atom is 0.258 e. The molecule has 126 valence electrons. The zero-order chi connectivity index (χ0) is 16.8. The zero-order valence-electron chi connectivity index (χ0n) is 14.1. The van der Waals surface area contributed by atoms with Crippen molar-refractivity contribution in [3.05, 3.63) is 23.8 Å². The number of hydrogen-bond acceptors (Lipinski definition) is 4. The third-order valence-electron chi connectivity index (χ3n) is 4.31. The molecule has 1 aromatic rings. The topological polar surface area (TPSA) is 64.6 Å². The minimum atomic E-state index is -0.151. The molecular weight excluding hydrogens is 294 g/mol. The molecule has 1 aromatic carbocycles. The first kappa shape index (κ1) is 17.3. The number of ketones is 1. The van der Waals surface area contributed by atoms with Gasteiger partial charge in [0.05, 0.1) is 12.7 Å². The van der Waals surface area contributed by atoms with Gasteiger partial charge in [-0.15, -0.1) is 0 Å². The van der Waals surface area contributed by atoms with Gasteiger partial charge in [0.2, 0.25) is 0 Å². The summed E-state index contributed by atoms with van der Waals surface area (Å²) in [6, 6.07) is 5.22. The minimum Gasteiger partial charge on any atom is -0.497 e. The van der Waals surface area contributed by atoms with Crippen molar-refractivity contribution in [1.82, 2.24) is 5.32 Å². The van der Waals surface area contributed by atoms with E-state index in [9.17, 15) is 9.59 Å². The molecule has 0 aromatic heterocycles. The van der Waals surface area contributed by atoms with E-state index < -0.39 is 0 Å². The fraction of sp³-hybridized carbons (Fsp3) is 0.556. The van der Waals surface area contributed by atoms with Gasteiger partial charge >= 0.3 is 0 Å². The van der Waals surface area contributed by atoms with E-state index in [0.717, 1.165) is 31.6 Å². The Morgan fingerprint density at radius 2 is 1.91 bits per heavy atom. The second kappa shape index (κ2) is 7.99. The predicted octanol–water partition coefficient (Wildman–Crippen LogP) is 2.97. The molecule has 0 atom stereocenters. The Morgan fingerprint density at radius 1 is 1.22 bits per heavy atom. The number of nitrogens with one attached hydrogen (secondary N) is 1. The molecule has 2 rings (SSSR count). The molecule has 23 heavy (non-hydrogen) atoms. The maximum atomic E-state index is 12.0. The molecule has 0 bridgehead atoms. The molecule has 1 amide bonds. The smallest absolute Gasteiger partial charge is 0.258 e. The maximum absolute atomic E-state index is 12.0. The summed E-state index contributed by atoms with van der Waals surface area (Å²) in [6.07, 6.45) is 4.34. The van der Waals surface area contributed by atoms with Gasteiger partial charge in [-0.1, -0.05) is 6.92 Å². The third-order valence-corrected chi connectivity index (χ3v) is 4.31. The number of amides is 1. The summed E-state index contributed by atoms with van der Waals surface area (Å²) in [4.78, 5) is 23.7. The first-order valence-corrected chi connectivity index (χ1v) is 8.10. The van der Waals surface area contributed by atoms with Crippen molar-refractivity contribution in [2.45, 2.75) is 45.6 Å². The molecule has 0 saturated heterocycles. The van der Waals surface area contributed by atoms with E-state index in [2.05, 4.69) is 12.2 Å². The number of rotatable bonds is 6. The second-order valence-corrected chi connectivity index (χ2v) is 6.23. The molecule has 5 heteroatoms. The molecule has 0 radical (unpaired) electrons. The predicted molar refractivity (Wildman–Crippen MR) is 88.1 cm³/mol. The third kappa shape index (κ3) is 4.98. The highest BCUT2D eigenvalue weighted by Crippen LogP contribution is 2.26. The van der Waals surface area contributed by atoms with Gasteiger partial charge in [0.15, 0.2) is 12.4 Å². The lowest BCUT2D eigenvalue weighted by Gasteiger charge is -2.26. The highest BCUT2D eigenvalue weighted by molar-refractivity contribution is 5.97. The summed E-state index contributed by atoms with van der Waals surface area (Å²) in [5, 5.41) is 3.01. The van der Waals surface area contributed by atoms with Crippen molar-refractivity contribution in [3.63, 3.8) is 0 Å². The van der Waals surface area contributed by atoms with Crippen LogP contribution in [0.25, 0.3) is 0 Å². The highest BCUT2D eigenvalue weighted by atomic mass is 16.5. The number of hydrogen-bond donors (Lipinski definition) is 1. The summed E-state index contributed by atoms with van der Waals surface area (Å²) in [7, 11) is 1.54. The van der Waals surface area contributed by atoms with Gasteiger partial charge in [-0.2, -0.15) is 0 Å². The molecule has 0 spiro atoms. The van der Waals surface area contributed by atoms with Crippen molar-refractivity contribution in [2.24, 2.45) is 5.92 Å². The Kier molecular flexibility index (Phi) is 6.02. The van der Waals surface area contributed by atoms with E-state index in [1.807, 2.05) is 0 Å². The quantitative estimate of drug-likeness (QED) is 0.819. The Bertz CT molecular complexity index is 562. The van der Waals surface area contributed by atoms with E-state index in [1.54, 1.807) is 25.3 Å². The molecule has 1 N–H and O–H groups in total. The molecule has 0 heterocycles. The summed E-state index contributed by atoms with van der Waals surface area (Å²) >= 11 is 0. The largest absolute Gasteiger partial charge is 0.497 e. The summed E-state index contributed by atoms with van der Waals surface area (Å²) in [5.41, 5.74) is 0.449. The molecule has 1 aliphatic rings. The van der Waals surface area contributed by atoms with E-state index >= 15 is 0 Å². The number of methoxy groups -OCH3 is 1. The van der Waals surface area contributed by atoms with Gasteiger partial charge in [0, 0.05) is 12.1 Å². The van der Waals surface area contributed by atoms with Crippen LogP contribution in [0.2, 0.25) is 0 Å². The van der Waals surface area contributed by atoms with Crippen molar-refractivity contribution in [3.8, 4) is 11.5 Å². The number of carbonyl (C=O) groups excluding carboxylic acids is 2. The lowest BCUT2D eigenvalue weighted by atomic mass is 9.87. The van der Waals surface area contributed by atoms with Gasteiger partial charge in [-0.3, -0.25) is 9.59 Å². The van der Waals surface area contributed by atoms with Crippen LogP contribution in [0.1, 0.15) is 49.9 Å². The number of ether oxygens (including phenoxy) is 2. The second-order valence-electron chi connectivity index (χ2n) is 6.23. The zero-order valence-corrected chi connectivity index (χ0v) is 14.1. The number of carbonyl (C=O) groups is 2. The Hall–Kier alpha value is -2.04. The van der Waals surface area contributed by atoms with E-state index in [-0.39, 0.29) is 24.3 Å². The number of benzene rings is 1. The van der Waals surface area contributed by atoms with Crippen LogP contribution in [0.3, 0.4) is 0 Å². The number of Topliss-reactive ketones (excluding diaryl/α,β-unsaturated/α-hetero) is 1. The van der Waals surface area contributed by atoms with Crippen LogP contribution < -0.4 is 14.8 Å². The average molecular weight is 319 g/mol. The monoisotopic (exact) mass is 319 g/mol. The van der Waals surface area contributed by atoms with Crippen LogP contribution in [0.15, 0.2) is 18.2 Å². The van der Waals surface area contributed by atoms with Crippen LogP contribution in [-0.4, -0.2) is 31.4 Å². The standard InChI is InChI=1S/C18H25NO4/c1-12-4-6-14(7-5-12)19-18(21)11-23-17-10-15(22-3)8-9-16(17)13(2)20/h8-10,12,14H,4-7,11H2,1-3H3,(H,19,21). The van der Waals surface area contributed by atoms with Crippen molar-refractivity contribution in [1.29, 1.82) is 0 Å². The molecule has 1 saturated carbocycles. The van der Waals surface area contributed by atoms with E-state index in [4.69, 9.17) is 9.47 Å². The normalized spacial score (nSPS) is 20.7. The Balaban J connectivity index is 1.91. The molecule has 0 unspecified atom stereocenters. The van der Waals surface area contributed by atoms with Crippen molar-refractivity contribution >= 4 is 11.7 Å². The fourth-order valence-corrected chi connectivity index (χ4v) is 2.86. The van der Waals surface area contributed by atoms with Crippen LogP contribution in [0.5, 0.6) is 11.5 Å². The first-order chi connectivity index (χ1) is 11.0. The van der Waals surface area contributed by atoms with Gasteiger partial charge in [0.25, 0.3) is 5.91 Å². The van der Waals surface area contributed by atoms with Gasteiger partial charge < -0.3 is 14.8 Å². The van der Waals surface area contributed by atoms with Gasteiger partial charge in [0.1, 0.15) is 11.5 Å². The first-order valence-electron chi connectivity index (χ1n) is 8.10. The van der Waals surface area contributed by atoms with Crippen LogP contribution in [0, 0.1) is 5.92 Å². The molecule has 1 aliphatic carbocycles. The van der Waals surface area contributed by atoms with Gasteiger partial charge in [-0.05, 0) is 50.7 Å². The average Bonchev–Trinajstić information content (AvgIpc) is 2.54.